The highest BCUT2D eigenvalue weighted by Crippen LogP contribution is 2.40. The molecule has 1 unspecified atom stereocenters. The van der Waals surface area contributed by atoms with Crippen molar-refractivity contribution in [3.8, 4) is 5.75 Å². The third kappa shape index (κ3) is 4.61. The van der Waals surface area contributed by atoms with Crippen LogP contribution >= 0.6 is 0 Å². The fourth-order valence-corrected chi connectivity index (χ4v) is 4.32. The van der Waals surface area contributed by atoms with E-state index in [-0.39, 0.29) is 17.8 Å². The van der Waals surface area contributed by atoms with Gasteiger partial charge in [0.2, 0.25) is 0 Å². The fraction of sp³-hybridized carbons (Fsp3) is 0.500. The molecular formula is C24H27F3O2. The van der Waals surface area contributed by atoms with Crippen molar-refractivity contribution in [2.24, 2.45) is 5.92 Å². The van der Waals surface area contributed by atoms with E-state index >= 15 is 0 Å². The van der Waals surface area contributed by atoms with Gasteiger partial charge in [-0.2, -0.15) is 0 Å². The van der Waals surface area contributed by atoms with Gasteiger partial charge >= 0.3 is 0 Å². The number of hydrogen-bond donors (Lipinski definition) is 0. The highest BCUT2D eigenvalue weighted by atomic mass is 19.2. The summed E-state index contributed by atoms with van der Waals surface area (Å²) in [5.41, 5.74) is 1.51. The molecule has 1 aliphatic heterocycles. The van der Waals surface area contributed by atoms with Gasteiger partial charge in [-0.3, -0.25) is 0 Å². The van der Waals surface area contributed by atoms with E-state index in [2.05, 4.69) is 0 Å². The molecule has 2 nitrogen and oxygen atoms in total. The summed E-state index contributed by atoms with van der Waals surface area (Å²) >= 11 is 0. The Morgan fingerprint density at radius 3 is 2.31 bits per heavy atom. The van der Waals surface area contributed by atoms with Crippen molar-refractivity contribution >= 4 is 0 Å². The number of benzene rings is 2. The van der Waals surface area contributed by atoms with Crippen LogP contribution in [-0.4, -0.2) is 13.2 Å². The van der Waals surface area contributed by atoms with Gasteiger partial charge in [0.1, 0.15) is 17.7 Å². The first-order valence-corrected chi connectivity index (χ1v) is 10.6. The van der Waals surface area contributed by atoms with Crippen LogP contribution < -0.4 is 4.74 Å². The van der Waals surface area contributed by atoms with E-state index in [1.165, 1.54) is 6.07 Å². The predicted octanol–water partition coefficient (Wildman–Crippen LogP) is 6.48. The van der Waals surface area contributed by atoms with Crippen LogP contribution in [0.1, 0.15) is 67.7 Å². The van der Waals surface area contributed by atoms with Gasteiger partial charge in [0.05, 0.1) is 13.2 Å². The SMILES string of the molecule is CCCc1ccc(OCC2CCC(c3ccc(C4CO4)c(F)c3F)CC2)cc1F. The first-order valence-electron chi connectivity index (χ1n) is 10.6. The first-order chi connectivity index (χ1) is 14.1. The Balaban J connectivity index is 1.31. The summed E-state index contributed by atoms with van der Waals surface area (Å²) < 4.78 is 53.8. The highest BCUT2D eigenvalue weighted by molar-refractivity contribution is 5.32. The smallest absolute Gasteiger partial charge is 0.165 e. The molecule has 1 saturated heterocycles. The Labute approximate surface area is 170 Å². The van der Waals surface area contributed by atoms with Gasteiger partial charge in [0.15, 0.2) is 11.6 Å². The molecule has 2 aromatic rings. The lowest BCUT2D eigenvalue weighted by Crippen LogP contribution is -2.20. The number of halogens is 3. The summed E-state index contributed by atoms with van der Waals surface area (Å²) in [5.74, 6) is -0.775. The van der Waals surface area contributed by atoms with Crippen LogP contribution in [0.3, 0.4) is 0 Å². The van der Waals surface area contributed by atoms with Crippen molar-refractivity contribution in [2.45, 2.75) is 57.5 Å². The number of ether oxygens (including phenoxy) is 2. The van der Waals surface area contributed by atoms with E-state index < -0.39 is 11.6 Å². The molecule has 2 aromatic carbocycles. The van der Waals surface area contributed by atoms with Gasteiger partial charge in [-0.25, -0.2) is 13.2 Å². The highest BCUT2D eigenvalue weighted by Gasteiger charge is 2.32. The minimum absolute atomic E-state index is 0.0284. The van der Waals surface area contributed by atoms with Crippen molar-refractivity contribution in [1.82, 2.24) is 0 Å². The van der Waals surface area contributed by atoms with Crippen molar-refractivity contribution in [2.75, 3.05) is 13.2 Å². The van der Waals surface area contributed by atoms with E-state index in [0.717, 1.165) is 38.5 Å². The van der Waals surface area contributed by atoms with E-state index in [4.69, 9.17) is 9.47 Å². The minimum atomic E-state index is -0.760. The lowest BCUT2D eigenvalue weighted by atomic mass is 9.78. The first kappa shape index (κ1) is 20.3. The van der Waals surface area contributed by atoms with E-state index in [1.54, 1.807) is 18.2 Å². The van der Waals surface area contributed by atoms with Crippen LogP contribution in [0.5, 0.6) is 5.75 Å². The van der Waals surface area contributed by atoms with Gasteiger partial charge in [0, 0.05) is 11.6 Å². The molecule has 4 rings (SSSR count). The topological polar surface area (TPSA) is 21.8 Å². The normalized spacial score (nSPS) is 23.8. The number of hydrogen-bond acceptors (Lipinski definition) is 2. The van der Waals surface area contributed by atoms with Gasteiger partial charge in [-0.05, 0) is 61.1 Å². The molecule has 0 radical (unpaired) electrons. The van der Waals surface area contributed by atoms with Crippen molar-refractivity contribution in [3.05, 3.63) is 64.5 Å². The second-order valence-electron chi connectivity index (χ2n) is 8.23. The van der Waals surface area contributed by atoms with E-state index in [0.29, 0.717) is 41.6 Å². The van der Waals surface area contributed by atoms with E-state index in [1.807, 2.05) is 13.0 Å². The summed E-state index contributed by atoms with van der Waals surface area (Å²) in [4.78, 5) is 0. The van der Waals surface area contributed by atoms with Gasteiger partial charge in [-0.15, -0.1) is 0 Å². The maximum atomic E-state index is 14.5. The summed E-state index contributed by atoms with van der Waals surface area (Å²) in [6.07, 6.45) is 4.71. The largest absolute Gasteiger partial charge is 0.493 e. The van der Waals surface area contributed by atoms with Crippen LogP contribution in [0.4, 0.5) is 13.2 Å². The maximum Gasteiger partial charge on any atom is 0.165 e. The maximum absolute atomic E-state index is 14.5. The zero-order valence-corrected chi connectivity index (χ0v) is 16.7. The third-order valence-electron chi connectivity index (χ3n) is 6.14. The molecule has 0 aromatic heterocycles. The summed E-state index contributed by atoms with van der Waals surface area (Å²) in [6, 6.07) is 8.45. The predicted molar refractivity (Wildman–Crippen MR) is 106 cm³/mol. The summed E-state index contributed by atoms with van der Waals surface area (Å²) in [5, 5.41) is 0. The van der Waals surface area contributed by atoms with Gasteiger partial charge in [-0.1, -0.05) is 31.5 Å². The molecule has 5 heteroatoms. The second kappa shape index (κ2) is 8.78. The number of epoxide rings is 1. The molecule has 0 spiro atoms. The standard InChI is InChI=1S/C24H27F3O2/c1-2-3-17-8-9-18(12-21(17)25)28-13-15-4-6-16(7-5-15)19-10-11-20(22-14-29-22)24(27)23(19)26/h8-12,15-16,22H,2-7,13-14H2,1H3. The average molecular weight is 404 g/mol. The molecule has 1 saturated carbocycles. The zero-order valence-electron chi connectivity index (χ0n) is 16.7. The molecule has 29 heavy (non-hydrogen) atoms. The number of aryl methyl sites for hydroxylation is 1. The molecular weight excluding hydrogens is 377 g/mol. The number of rotatable bonds is 7. The van der Waals surface area contributed by atoms with Crippen molar-refractivity contribution in [3.63, 3.8) is 0 Å². The van der Waals surface area contributed by atoms with Crippen LogP contribution in [0.15, 0.2) is 30.3 Å². The lowest BCUT2D eigenvalue weighted by molar-refractivity contribution is 0.198. The summed E-state index contributed by atoms with van der Waals surface area (Å²) in [7, 11) is 0. The van der Waals surface area contributed by atoms with E-state index in [9.17, 15) is 13.2 Å². The monoisotopic (exact) mass is 404 g/mol. The molecule has 2 fully saturated rings. The van der Waals surface area contributed by atoms with Crippen LogP contribution in [-0.2, 0) is 11.2 Å². The molecule has 156 valence electrons. The molecule has 1 aliphatic carbocycles. The lowest BCUT2D eigenvalue weighted by Gasteiger charge is -2.29. The molecule has 1 atom stereocenters. The van der Waals surface area contributed by atoms with Crippen LogP contribution in [0, 0.1) is 23.4 Å². The molecule has 0 amide bonds. The van der Waals surface area contributed by atoms with Crippen molar-refractivity contribution in [1.29, 1.82) is 0 Å². The van der Waals surface area contributed by atoms with Crippen LogP contribution in [0.2, 0.25) is 0 Å². The van der Waals surface area contributed by atoms with Gasteiger partial charge in [0.25, 0.3) is 0 Å². The Bertz CT molecular complexity index is 855. The Morgan fingerprint density at radius 2 is 1.66 bits per heavy atom. The van der Waals surface area contributed by atoms with Crippen LogP contribution in [0.25, 0.3) is 0 Å². The minimum Gasteiger partial charge on any atom is -0.493 e. The fourth-order valence-electron chi connectivity index (χ4n) is 4.32. The summed E-state index contributed by atoms with van der Waals surface area (Å²) in [6.45, 7) is 3.01. The zero-order chi connectivity index (χ0) is 20.4. The Kier molecular flexibility index (Phi) is 6.14. The second-order valence-corrected chi connectivity index (χ2v) is 8.23. The third-order valence-corrected chi connectivity index (χ3v) is 6.14. The van der Waals surface area contributed by atoms with Crippen molar-refractivity contribution < 1.29 is 22.6 Å². The Hall–Kier alpha value is -2.01. The molecule has 1 heterocycles. The average Bonchev–Trinajstić information content (AvgIpc) is 3.56. The molecule has 0 N–H and O–H groups in total. The quantitative estimate of drug-likeness (QED) is 0.493. The molecule has 2 aliphatic rings. The Morgan fingerprint density at radius 1 is 0.966 bits per heavy atom. The molecule has 0 bridgehead atoms. The van der Waals surface area contributed by atoms with Gasteiger partial charge < -0.3 is 9.47 Å².